The molecule has 0 amide bonds. The largest absolute Gasteiger partial charge is 0.303 e. The van der Waals surface area contributed by atoms with E-state index >= 15 is 0 Å². The van der Waals surface area contributed by atoms with Gasteiger partial charge in [0.15, 0.2) is 0 Å². The van der Waals surface area contributed by atoms with Crippen LogP contribution < -0.4 is 0 Å². The third kappa shape index (κ3) is 1.90. The third-order valence-electron chi connectivity index (χ3n) is 0.198. The van der Waals surface area contributed by atoms with Crippen molar-refractivity contribution in [3.8, 4) is 0 Å². The van der Waals surface area contributed by atoms with E-state index in [0.717, 1.165) is 0 Å². The van der Waals surface area contributed by atoms with Crippen molar-refractivity contribution in [2.45, 2.75) is 0 Å². The first-order chi connectivity index (χ1) is 2.64. The Morgan fingerprint density at radius 2 is 2.17 bits per heavy atom. The summed E-state index contributed by atoms with van der Waals surface area (Å²) in [6.07, 6.45) is 0. The Morgan fingerprint density at radius 1 is 2.00 bits per heavy atom. The lowest BCUT2D eigenvalue weighted by Crippen LogP contribution is -1.85. The lowest BCUT2D eigenvalue weighted by atomic mass is 11.1. The zero-order valence-corrected chi connectivity index (χ0v) is 4.43. The highest BCUT2D eigenvalue weighted by atomic mass is 79.9. The van der Waals surface area contributed by atoms with Crippen molar-refractivity contribution >= 4 is 15.9 Å². The standard InChI is InChI=1S/C2H2BrNO2/c1-2(3)4(5)6/h1H2. The Balaban J connectivity index is 3.57. The van der Waals surface area contributed by atoms with Crippen LogP contribution in [0, 0.1) is 10.1 Å². The van der Waals surface area contributed by atoms with E-state index in [1.54, 1.807) is 0 Å². The molecule has 0 N–H and O–H groups in total. The van der Waals surface area contributed by atoms with E-state index in [1.807, 2.05) is 0 Å². The van der Waals surface area contributed by atoms with E-state index in [-0.39, 0.29) is 4.61 Å². The topological polar surface area (TPSA) is 43.1 Å². The Morgan fingerprint density at radius 3 is 2.17 bits per heavy atom. The highest BCUT2D eigenvalue weighted by molar-refractivity contribution is 9.11. The van der Waals surface area contributed by atoms with E-state index in [9.17, 15) is 10.1 Å². The van der Waals surface area contributed by atoms with Crippen LogP contribution in [0.3, 0.4) is 0 Å². The molecule has 0 unspecified atom stereocenters. The van der Waals surface area contributed by atoms with Crippen LogP contribution in [-0.2, 0) is 0 Å². The van der Waals surface area contributed by atoms with Gasteiger partial charge in [0.2, 0.25) is 0 Å². The molecule has 0 radical (unpaired) electrons. The second-order valence-electron chi connectivity index (χ2n) is 0.633. The number of hydrogen-bond acceptors (Lipinski definition) is 2. The molecule has 0 aromatic carbocycles. The predicted octanol–water partition coefficient (Wildman–Crippen LogP) is 1.13. The lowest BCUT2D eigenvalue weighted by Gasteiger charge is -1.76. The lowest BCUT2D eigenvalue weighted by molar-refractivity contribution is -0.408. The first-order valence-corrected chi connectivity index (χ1v) is 1.92. The third-order valence-corrected chi connectivity index (χ3v) is 0.488. The van der Waals surface area contributed by atoms with Gasteiger partial charge in [0.25, 0.3) is 0 Å². The van der Waals surface area contributed by atoms with Gasteiger partial charge in [0.1, 0.15) is 0 Å². The van der Waals surface area contributed by atoms with Crippen molar-refractivity contribution in [1.82, 2.24) is 0 Å². The van der Waals surface area contributed by atoms with Crippen molar-refractivity contribution in [3.05, 3.63) is 21.3 Å². The first-order valence-electron chi connectivity index (χ1n) is 1.13. The molecule has 0 saturated heterocycles. The fourth-order valence-corrected chi connectivity index (χ4v) is 0. The maximum Gasteiger partial charge on any atom is 0.303 e. The van der Waals surface area contributed by atoms with Crippen molar-refractivity contribution < 1.29 is 4.92 Å². The van der Waals surface area contributed by atoms with Gasteiger partial charge in [-0.2, -0.15) is 0 Å². The van der Waals surface area contributed by atoms with Crippen LogP contribution in [0.5, 0.6) is 0 Å². The highest BCUT2D eigenvalue weighted by Gasteiger charge is 1.94. The van der Waals surface area contributed by atoms with Crippen LogP contribution in [0.4, 0.5) is 0 Å². The molecule has 34 valence electrons. The minimum atomic E-state index is -0.611. The fourth-order valence-electron chi connectivity index (χ4n) is 0. The molecule has 0 rings (SSSR count). The van der Waals surface area contributed by atoms with Crippen molar-refractivity contribution in [2.24, 2.45) is 0 Å². The van der Waals surface area contributed by atoms with Gasteiger partial charge in [0.05, 0.1) is 4.92 Å². The quantitative estimate of drug-likeness (QED) is 0.321. The zero-order chi connectivity index (χ0) is 5.15. The zero-order valence-electron chi connectivity index (χ0n) is 2.85. The van der Waals surface area contributed by atoms with Gasteiger partial charge in [-0.1, -0.05) is 0 Å². The monoisotopic (exact) mass is 151 g/mol. The van der Waals surface area contributed by atoms with E-state index in [2.05, 4.69) is 22.5 Å². The SMILES string of the molecule is C=C(Br)[N+](=O)[O-]. The Labute approximate surface area is 42.9 Å². The summed E-state index contributed by atoms with van der Waals surface area (Å²) in [5.41, 5.74) is 0. The van der Waals surface area contributed by atoms with Gasteiger partial charge in [-0.05, 0) is 6.58 Å². The molecule has 0 aromatic rings. The van der Waals surface area contributed by atoms with E-state index in [4.69, 9.17) is 0 Å². The van der Waals surface area contributed by atoms with Crippen LogP contribution >= 0.6 is 15.9 Å². The Kier molecular flexibility index (Phi) is 1.80. The smallest absolute Gasteiger partial charge is 0.258 e. The number of nitro groups is 1. The minimum Gasteiger partial charge on any atom is -0.258 e. The van der Waals surface area contributed by atoms with Crippen LogP contribution in [0.15, 0.2) is 11.2 Å². The van der Waals surface area contributed by atoms with Gasteiger partial charge in [-0.3, -0.25) is 10.1 Å². The summed E-state index contributed by atoms with van der Waals surface area (Å²) in [5, 5.41) is 9.36. The van der Waals surface area contributed by atoms with Gasteiger partial charge in [-0.25, -0.2) is 0 Å². The molecule has 0 saturated carbocycles. The number of nitrogens with zero attached hydrogens (tertiary/aromatic N) is 1. The molecular formula is C2H2BrNO2. The number of rotatable bonds is 1. The summed E-state index contributed by atoms with van der Waals surface area (Å²) in [5.74, 6) is 0. The molecule has 0 atom stereocenters. The summed E-state index contributed by atoms with van der Waals surface area (Å²) in [4.78, 5) is 8.75. The minimum absolute atomic E-state index is 0.206. The molecule has 3 nitrogen and oxygen atoms in total. The number of halogens is 1. The molecule has 0 spiro atoms. The van der Waals surface area contributed by atoms with Crippen LogP contribution in [0.1, 0.15) is 0 Å². The Hall–Kier alpha value is -0.380. The van der Waals surface area contributed by atoms with Crippen molar-refractivity contribution in [3.63, 3.8) is 0 Å². The predicted molar refractivity (Wildman–Crippen MR) is 25.1 cm³/mol. The van der Waals surface area contributed by atoms with Crippen molar-refractivity contribution in [2.75, 3.05) is 0 Å². The normalized spacial score (nSPS) is 7.50. The summed E-state index contributed by atoms with van der Waals surface area (Å²) < 4.78 is -0.206. The summed E-state index contributed by atoms with van der Waals surface area (Å²) in [6.45, 7) is 2.97. The highest BCUT2D eigenvalue weighted by Crippen LogP contribution is 1.97. The maximum atomic E-state index is 9.36. The average molecular weight is 152 g/mol. The molecular weight excluding hydrogens is 150 g/mol. The summed E-state index contributed by atoms with van der Waals surface area (Å²) in [6, 6.07) is 0. The van der Waals surface area contributed by atoms with Gasteiger partial charge < -0.3 is 0 Å². The molecule has 0 bridgehead atoms. The van der Waals surface area contributed by atoms with Crippen molar-refractivity contribution in [1.29, 1.82) is 0 Å². The first kappa shape index (κ1) is 5.62. The molecule has 0 heterocycles. The second-order valence-corrected chi connectivity index (χ2v) is 1.55. The van der Waals surface area contributed by atoms with Crippen LogP contribution in [-0.4, -0.2) is 4.92 Å². The summed E-state index contributed by atoms with van der Waals surface area (Å²) >= 11 is 2.55. The molecule has 0 aliphatic heterocycles. The van der Waals surface area contributed by atoms with Gasteiger partial charge in [-0.15, -0.1) is 0 Å². The maximum absolute atomic E-state index is 9.36. The molecule has 0 fully saturated rings. The fraction of sp³-hybridized carbons (Fsp3) is 0. The molecule has 4 heteroatoms. The van der Waals surface area contributed by atoms with E-state index in [0.29, 0.717) is 0 Å². The molecule has 0 aliphatic carbocycles. The second kappa shape index (κ2) is 1.92. The molecule has 6 heavy (non-hydrogen) atoms. The van der Waals surface area contributed by atoms with Gasteiger partial charge >= 0.3 is 4.61 Å². The summed E-state index contributed by atoms with van der Waals surface area (Å²) in [7, 11) is 0. The molecule has 0 aliphatic rings. The van der Waals surface area contributed by atoms with Gasteiger partial charge in [0, 0.05) is 15.9 Å². The molecule has 0 aromatic heterocycles. The van der Waals surface area contributed by atoms with Crippen LogP contribution in [0.2, 0.25) is 0 Å². The Bertz CT molecular complexity index is 77.5. The van der Waals surface area contributed by atoms with E-state index in [1.165, 1.54) is 0 Å². The number of hydrogen-bond donors (Lipinski definition) is 0. The average Bonchev–Trinajstić information content (AvgIpc) is 1.36. The van der Waals surface area contributed by atoms with E-state index < -0.39 is 4.92 Å². The van der Waals surface area contributed by atoms with Crippen LogP contribution in [0.25, 0.3) is 0 Å².